The maximum atomic E-state index is 11.6. The van der Waals surface area contributed by atoms with E-state index in [1.165, 1.54) is 12.8 Å². The van der Waals surface area contributed by atoms with Crippen LogP contribution in [0.2, 0.25) is 0 Å². The van der Waals surface area contributed by atoms with Crippen LogP contribution in [0.25, 0.3) is 0 Å². The first kappa shape index (κ1) is 20.4. The molecule has 2 aromatic heterocycles. The van der Waals surface area contributed by atoms with E-state index in [1.54, 1.807) is 6.20 Å². The summed E-state index contributed by atoms with van der Waals surface area (Å²) in [6.07, 6.45) is 6.05. The highest BCUT2D eigenvalue weighted by Crippen LogP contribution is 2.23. The summed E-state index contributed by atoms with van der Waals surface area (Å²) >= 11 is 0. The van der Waals surface area contributed by atoms with Gasteiger partial charge >= 0.3 is 5.97 Å². The van der Waals surface area contributed by atoms with Gasteiger partial charge < -0.3 is 24.6 Å². The van der Waals surface area contributed by atoms with E-state index in [4.69, 9.17) is 9.47 Å². The summed E-state index contributed by atoms with van der Waals surface area (Å²) in [6.45, 7) is 5.16. The Morgan fingerprint density at radius 2 is 2.00 bits per heavy atom. The second-order valence-electron chi connectivity index (χ2n) is 7.70. The third-order valence-electron chi connectivity index (χ3n) is 5.60. The van der Waals surface area contributed by atoms with Crippen molar-refractivity contribution in [1.29, 1.82) is 0 Å². The molecule has 0 bridgehead atoms. The molecule has 30 heavy (non-hydrogen) atoms. The Bertz CT molecular complexity index is 856. The molecule has 0 radical (unpaired) electrons. The monoisotopic (exact) mass is 411 g/mol. The van der Waals surface area contributed by atoms with Crippen LogP contribution in [0.4, 0.5) is 17.3 Å². The van der Waals surface area contributed by atoms with E-state index in [0.29, 0.717) is 0 Å². The first-order valence-electron chi connectivity index (χ1n) is 10.5. The van der Waals surface area contributed by atoms with Gasteiger partial charge in [0, 0.05) is 56.4 Å². The fourth-order valence-electron chi connectivity index (χ4n) is 4.01. The van der Waals surface area contributed by atoms with Crippen LogP contribution in [0.15, 0.2) is 36.7 Å². The van der Waals surface area contributed by atoms with Crippen molar-refractivity contribution in [2.75, 3.05) is 61.6 Å². The first-order valence-corrected chi connectivity index (χ1v) is 10.5. The van der Waals surface area contributed by atoms with E-state index in [0.717, 1.165) is 69.4 Å². The van der Waals surface area contributed by atoms with Crippen LogP contribution in [-0.2, 0) is 20.7 Å². The number of ether oxygens (including phenoxy) is 2. The van der Waals surface area contributed by atoms with Gasteiger partial charge in [0.2, 0.25) is 0 Å². The third-order valence-corrected chi connectivity index (χ3v) is 5.60. The normalized spacial score (nSPS) is 19.4. The molecule has 4 rings (SSSR count). The van der Waals surface area contributed by atoms with Gasteiger partial charge in [-0.25, -0.2) is 9.97 Å². The highest BCUT2D eigenvalue weighted by atomic mass is 16.5. The van der Waals surface area contributed by atoms with Crippen molar-refractivity contribution in [3.63, 3.8) is 0 Å². The quantitative estimate of drug-likeness (QED) is 0.724. The van der Waals surface area contributed by atoms with Gasteiger partial charge in [0.25, 0.3) is 0 Å². The fourth-order valence-corrected chi connectivity index (χ4v) is 4.01. The number of rotatable bonds is 6. The Morgan fingerprint density at radius 3 is 2.83 bits per heavy atom. The van der Waals surface area contributed by atoms with Crippen molar-refractivity contribution < 1.29 is 14.3 Å². The molecule has 0 aromatic carbocycles. The molecule has 0 unspecified atom stereocenters. The Balaban J connectivity index is 1.40. The molecule has 0 saturated carbocycles. The summed E-state index contributed by atoms with van der Waals surface area (Å²) in [7, 11) is 1.41. The first-order chi connectivity index (χ1) is 14.7. The molecule has 1 N–H and O–H groups in total. The van der Waals surface area contributed by atoms with Crippen molar-refractivity contribution in [2.24, 2.45) is 0 Å². The smallest absolute Gasteiger partial charge is 0.309 e. The minimum atomic E-state index is -0.239. The maximum absolute atomic E-state index is 11.6. The standard InChI is InChI=1S/C22H29N5O3/c1-29-22(28)14-17-4-6-24-21(13-17)27-8-2-3-18(16-27)25-20-15-19(5-7-23-20)26-9-11-30-12-10-26/h4-7,13,15,18H,2-3,8-12,14,16H2,1H3,(H,23,25)/t18-/m1/s1. The summed E-state index contributed by atoms with van der Waals surface area (Å²) in [5.41, 5.74) is 2.10. The highest BCUT2D eigenvalue weighted by molar-refractivity contribution is 5.72. The van der Waals surface area contributed by atoms with E-state index < -0.39 is 0 Å². The average Bonchev–Trinajstić information content (AvgIpc) is 2.80. The minimum absolute atomic E-state index is 0.239. The average molecular weight is 412 g/mol. The molecule has 2 aliphatic rings. The highest BCUT2D eigenvalue weighted by Gasteiger charge is 2.22. The van der Waals surface area contributed by atoms with Crippen molar-refractivity contribution in [3.8, 4) is 0 Å². The predicted octanol–water partition coefficient (Wildman–Crippen LogP) is 2.11. The van der Waals surface area contributed by atoms with Gasteiger partial charge in [-0.1, -0.05) is 0 Å². The molecule has 4 heterocycles. The zero-order chi connectivity index (χ0) is 20.8. The van der Waals surface area contributed by atoms with Crippen molar-refractivity contribution in [2.45, 2.75) is 25.3 Å². The molecule has 2 saturated heterocycles. The van der Waals surface area contributed by atoms with Crippen LogP contribution < -0.4 is 15.1 Å². The molecular weight excluding hydrogens is 382 g/mol. The lowest BCUT2D eigenvalue weighted by Gasteiger charge is -2.34. The number of nitrogens with zero attached hydrogens (tertiary/aromatic N) is 4. The number of carbonyl (C=O) groups excluding carboxylic acids is 1. The Labute approximate surface area is 177 Å². The van der Waals surface area contributed by atoms with Crippen LogP contribution in [0, 0.1) is 0 Å². The van der Waals surface area contributed by atoms with E-state index >= 15 is 0 Å². The van der Waals surface area contributed by atoms with Crippen LogP contribution in [0.1, 0.15) is 18.4 Å². The molecule has 2 aromatic rings. The predicted molar refractivity (Wildman–Crippen MR) is 116 cm³/mol. The second-order valence-corrected chi connectivity index (χ2v) is 7.70. The van der Waals surface area contributed by atoms with Gasteiger partial charge in [-0.3, -0.25) is 4.79 Å². The summed E-state index contributed by atoms with van der Waals surface area (Å²) < 4.78 is 10.2. The number of nitrogens with one attached hydrogen (secondary N) is 1. The summed E-state index contributed by atoms with van der Waals surface area (Å²) in [5, 5.41) is 3.60. The van der Waals surface area contributed by atoms with Gasteiger partial charge in [-0.2, -0.15) is 0 Å². The van der Waals surface area contributed by atoms with Crippen LogP contribution in [-0.4, -0.2) is 68.5 Å². The molecule has 1 atom stereocenters. The van der Waals surface area contributed by atoms with E-state index in [9.17, 15) is 4.79 Å². The number of esters is 1. The van der Waals surface area contributed by atoms with Crippen LogP contribution in [0.5, 0.6) is 0 Å². The summed E-state index contributed by atoms with van der Waals surface area (Å²) in [6, 6.07) is 8.31. The Kier molecular flexibility index (Phi) is 6.63. The van der Waals surface area contributed by atoms with Gasteiger partial charge in [0.1, 0.15) is 11.6 Å². The molecule has 2 aliphatic heterocycles. The van der Waals surface area contributed by atoms with E-state index in [2.05, 4.69) is 37.2 Å². The number of anilines is 3. The summed E-state index contributed by atoms with van der Waals surface area (Å²) in [4.78, 5) is 25.2. The number of methoxy groups -OCH3 is 1. The minimum Gasteiger partial charge on any atom is -0.469 e. The Hall–Kier alpha value is -2.87. The number of morpholine rings is 1. The molecule has 0 spiro atoms. The molecule has 0 aliphatic carbocycles. The largest absolute Gasteiger partial charge is 0.469 e. The number of hydrogen-bond donors (Lipinski definition) is 1. The molecule has 8 heteroatoms. The van der Waals surface area contributed by atoms with Gasteiger partial charge in [-0.15, -0.1) is 0 Å². The number of hydrogen-bond acceptors (Lipinski definition) is 8. The lowest BCUT2D eigenvalue weighted by molar-refractivity contribution is -0.139. The van der Waals surface area contributed by atoms with Crippen LogP contribution in [0.3, 0.4) is 0 Å². The van der Waals surface area contributed by atoms with E-state index in [1.807, 2.05) is 18.3 Å². The molecular formula is C22H29N5O3. The molecule has 2 fully saturated rings. The topological polar surface area (TPSA) is 79.8 Å². The van der Waals surface area contributed by atoms with Crippen molar-refractivity contribution >= 4 is 23.3 Å². The zero-order valence-corrected chi connectivity index (χ0v) is 17.4. The second kappa shape index (κ2) is 9.75. The van der Waals surface area contributed by atoms with Gasteiger partial charge in [0.15, 0.2) is 0 Å². The maximum Gasteiger partial charge on any atom is 0.309 e. The van der Waals surface area contributed by atoms with E-state index in [-0.39, 0.29) is 18.4 Å². The lowest BCUT2D eigenvalue weighted by atomic mass is 10.1. The molecule has 8 nitrogen and oxygen atoms in total. The SMILES string of the molecule is COC(=O)Cc1ccnc(N2CCC[C@@H](Nc3cc(N4CCOCC4)ccn3)C2)c1. The van der Waals surface area contributed by atoms with Gasteiger partial charge in [-0.05, 0) is 36.6 Å². The van der Waals surface area contributed by atoms with Crippen molar-refractivity contribution in [1.82, 2.24) is 9.97 Å². The number of aromatic nitrogens is 2. The zero-order valence-electron chi connectivity index (χ0n) is 17.4. The summed E-state index contributed by atoms with van der Waals surface area (Å²) in [5.74, 6) is 1.56. The fraction of sp³-hybridized carbons (Fsp3) is 0.500. The van der Waals surface area contributed by atoms with Gasteiger partial charge in [0.05, 0.1) is 26.7 Å². The van der Waals surface area contributed by atoms with Crippen LogP contribution >= 0.6 is 0 Å². The van der Waals surface area contributed by atoms with Crippen molar-refractivity contribution in [3.05, 3.63) is 42.2 Å². The number of carbonyl (C=O) groups is 1. The number of piperidine rings is 1. The molecule has 0 amide bonds. The molecule has 160 valence electrons. The Morgan fingerprint density at radius 1 is 1.17 bits per heavy atom. The third kappa shape index (κ3) is 5.18. The number of pyridine rings is 2. The lowest BCUT2D eigenvalue weighted by Crippen LogP contribution is -2.42.